The van der Waals surface area contributed by atoms with Crippen LogP contribution in [0.3, 0.4) is 0 Å². The normalized spacial score (nSPS) is 10.9. The van der Waals surface area contributed by atoms with Gasteiger partial charge in [-0.25, -0.2) is 9.18 Å². The predicted octanol–water partition coefficient (Wildman–Crippen LogP) is 1.72. The maximum absolute atomic E-state index is 13.3. The lowest BCUT2D eigenvalue weighted by atomic mass is 10.1. The van der Waals surface area contributed by atoms with Gasteiger partial charge in [-0.2, -0.15) is 5.10 Å². The summed E-state index contributed by atoms with van der Waals surface area (Å²) in [5, 5.41) is 13.3. The van der Waals surface area contributed by atoms with Crippen LogP contribution in [0.2, 0.25) is 0 Å². The van der Waals surface area contributed by atoms with Crippen molar-refractivity contribution in [3.8, 4) is 0 Å². The summed E-state index contributed by atoms with van der Waals surface area (Å²) in [6.45, 7) is 1.66. The van der Waals surface area contributed by atoms with Crippen molar-refractivity contribution in [2.45, 2.75) is 6.92 Å². The molecule has 1 heterocycles. The summed E-state index contributed by atoms with van der Waals surface area (Å²) in [5.74, 6) is -2.00. The number of hydrogen-bond donors (Lipinski definition) is 1. The number of carboxylic acid groups (broad SMARTS) is 1. The highest BCUT2D eigenvalue weighted by Gasteiger charge is 2.19. The second kappa shape index (κ2) is 3.05. The van der Waals surface area contributed by atoms with Gasteiger partial charge in [0.15, 0.2) is 0 Å². The van der Waals surface area contributed by atoms with E-state index < -0.39 is 11.8 Å². The Morgan fingerprint density at radius 3 is 2.80 bits per heavy atom. The average Bonchev–Trinajstić information content (AvgIpc) is 2.41. The number of nitrogens with zero attached hydrogens (tertiary/aromatic N) is 2. The van der Waals surface area contributed by atoms with Gasteiger partial charge in [0.25, 0.3) is 0 Å². The Bertz CT molecular complexity index is 560. The third kappa shape index (κ3) is 1.27. The third-order valence-electron chi connectivity index (χ3n) is 2.36. The number of halogens is 1. The van der Waals surface area contributed by atoms with Crippen molar-refractivity contribution < 1.29 is 14.3 Å². The largest absolute Gasteiger partial charge is 0.478 e. The van der Waals surface area contributed by atoms with Crippen LogP contribution in [0.25, 0.3) is 10.9 Å². The molecular weight excluding hydrogens is 199 g/mol. The lowest BCUT2D eigenvalue weighted by molar-refractivity contribution is 0.0694. The minimum atomic E-state index is -1.27. The number of aryl methyl sites for hydroxylation is 2. The number of carbonyl (C=O) groups is 1. The molecule has 0 saturated heterocycles. The number of carboxylic acids is 1. The zero-order chi connectivity index (χ0) is 11.2. The summed E-state index contributed by atoms with van der Waals surface area (Å²) >= 11 is 0. The van der Waals surface area contributed by atoms with Crippen LogP contribution >= 0.6 is 0 Å². The van der Waals surface area contributed by atoms with E-state index in [9.17, 15) is 9.18 Å². The Morgan fingerprint density at radius 2 is 2.20 bits per heavy atom. The fourth-order valence-electron chi connectivity index (χ4n) is 1.74. The number of aromatic nitrogens is 2. The lowest BCUT2D eigenvalue weighted by Gasteiger charge is -2.00. The molecule has 2 aromatic rings. The van der Waals surface area contributed by atoms with Gasteiger partial charge in [0.2, 0.25) is 0 Å². The zero-order valence-corrected chi connectivity index (χ0v) is 8.28. The minimum Gasteiger partial charge on any atom is -0.478 e. The first-order valence-electron chi connectivity index (χ1n) is 4.37. The minimum absolute atomic E-state index is 0.307. The molecule has 1 N–H and O–H groups in total. The van der Waals surface area contributed by atoms with Gasteiger partial charge in [-0.3, -0.25) is 4.68 Å². The SMILES string of the molecule is Cc1nn(C)c2ccc(F)c(C(=O)O)c12. The summed E-state index contributed by atoms with van der Waals surface area (Å²) in [6, 6.07) is 2.67. The van der Waals surface area contributed by atoms with Crippen molar-refractivity contribution in [3.63, 3.8) is 0 Å². The molecule has 0 aliphatic rings. The smallest absolute Gasteiger partial charge is 0.339 e. The average molecular weight is 208 g/mol. The van der Waals surface area contributed by atoms with Gasteiger partial charge in [0.05, 0.1) is 11.2 Å². The monoisotopic (exact) mass is 208 g/mol. The van der Waals surface area contributed by atoms with E-state index in [-0.39, 0.29) is 5.56 Å². The van der Waals surface area contributed by atoms with Crippen molar-refractivity contribution in [3.05, 3.63) is 29.2 Å². The first-order chi connectivity index (χ1) is 7.02. The number of fused-ring (bicyclic) bond motifs is 1. The molecule has 0 amide bonds. The van der Waals surface area contributed by atoms with Crippen LogP contribution in [0.4, 0.5) is 4.39 Å². The molecule has 4 nitrogen and oxygen atoms in total. The number of rotatable bonds is 1. The van der Waals surface area contributed by atoms with Crippen LogP contribution in [0.15, 0.2) is 12.1 Å². The zero-order valence-electron chi connectivity index (χ0n) is 8.28. The van der Waals surface area contributed by atoms with Gasteiger partial charge in [0.1, 0.15) is 11.4 Å². The number of hydrogen-bond acceptors (Lipinski definition) is 2. The maximum atomic E-state index is 13.3. The van der Waals surface area contributed by atoms with E-state index in [1.54, 1.807) is 14.0 Å². The highest BCUT2D eigenvalue weighted by atomic mass is 19.1. The van der Waals surface area contributed by atoms with E-state index in [1.165, 1.54) is 10.7 Å². The standard InChI is InChI=1S/C10H9FN2O2/c1-5-8-7(13(2)12-5)4-3-6(11)9(8)10(14)15/h3-4H,1-2H3,(H,14,15). The Labute approximate surface area is 84.9 Å². The van der Waals surface area contributed by atoms with E-state index >= 15 is 0 Å². The van der Waals surface area contributed by atoms with Crippen LogP contribution in [-0.2, 0) is 7.05 Å². The maximum Gasteiger partial charge on any atom is 0.339 e. The van der Waals surface area contributed by atoms with E-state index in [2.05, 4.69) is 5.10 Å². The van der Waals surface area contributed by atoms with Crippen molar-refractivity contribution in [2.75, 3.05) is 0 Å². The number of benzene rings is 1. The van der Waals surface area contributed by atoms with Gasteiger partial charge in [0, 0.05) is 12.4 Å². The predicted molar refractivity (Wildman–Crippen MR) is 52.4 cm³/mol. The first kappa shape index (κ1) is 9.64. The Morgan fingerprint density at radius 1 is 1.53 bits per heavy atom. The van der Waals surface area contributed by atoms with E-state index in [0.29, 0.717) is 16.6 Å². The van der Waals surface area contributed by atoms with E-state index in [4.69, 9.17) is 5.11 Å². The second-order valence-electron chi connectivity index (χ2n) is 3.33. The topological polar surface area (TPSA) is 55.1 Å². The molecule has 5 heteroatoms. The molecule has 0 saturated carbocycles. The van der Waals surface area contributed by atoms with Crippen molar-refractivity contribution in [1.29, 1.82) is 0 Å². The molecule has 0 fully saturated rings. The van der Waals surface area contributed by atoms with Crippen molar-refractivity contribution >= 4 is 16.9 Å². The van der Waals surface area contributed by atoms with Gasteiger partial charge in [-0.1, -0.05) is 0 Å². The Balaban J connectivity index is 2.98. The van der Waals surface area contributed by atoms with Crippen LogP contribution in [0.1, 0.15) is 16.1 Å². The van der Waals surface area contributed by atoms with Gasteiger partial charge >= 0.3 is 5.97 Å². The molecular formula is C10H9FN2O2. The molecule has 0 unspecified atom stereocenters. The van der Waals surface area contributed by atoms with Gasteiger partial charge in [-0.15, -0.1) is 0 Å². The highest BCUT2D eigenvalue weighted by molar-refractivity contribution is 6.04. The molecule has 0 bridgehead atoms. The van der Waals surface area contributed by atoms with E-state index in [0.717, 1.165) is 6.07 Å². The summed E-state index contributed by atoms with van der Waals surface area (Å²) in [4.78, 5) is 10.9. The fourth-order valence-corrected chi connectivity index (χ4v) is 1.74. The molecule has 0 aliphatic heterocycles. The quantitative estimate of drug-likeness (QED) is 0.776. The first-order valence-corrected chi connectivity index (χ1v) is 4.37. The van der Waals surface area contributed by atoms with Crippen LogP contribution < -0.4 is 0 Å². The summed E-state index contributed by atoms with van der Waals surface area (Å²) < 4.78 is 14.9. The Hall–Kier alpha value is -1.91. The molecule has 0 atom stereocenters. The second-order valence-corrected chi connectivity index (χ2v) is 3.33. The van der Waals surface area contributed by atoms with Gasteiger partial charge < -0.3 is 5.11 Å². The Kier molecular flexibility index (Phi) is 1.96. The molecule has 78 valence electrons. The molecule has 2 rings (SSSR count). The fraction of sp³-hybridized carbons (Fsp3) is 0.200. The molecule has 0 radical (unpaired) electrons. The van der Waals surface area contributed by atoms with E-state index in [1.807, 2.05) is 0 Å². The molecule has 1 aromatic carbocycles. The number of aromatic carboxylic acids is 1. The molecule has 1 aromatic heterocycles. The van der Waals surface area contributed by atoms with Crippen LogP contribution in [0, 0.1) is 12.7 Å². The molecule has 0 aliphatic carbocycles. The third-order valence-corrected chi connectivity index (χ3v) is 2.36. The van der Waals surface area contributed by atoms with Crippen LogP contribution in [0.5, 0.6) is 0 Å². The summed E-state index contributed by atoms with van der Waals surface area (Å²) in [6.07, 6.45) is 0. The lowest BCUT2D eigenvalue weighted by Crippen LogP contribution is -2.01. The highest BCUT2D eigenvalue weighted by Crippen LogP contribution is 2.24. The molecule has 15 heavy (non-hydrogen) atoms. The van der Waals surface area contributed by atoms with Crippen molar-refractivity contribution in [1.82, 2.24) is 9.78 Å². The summed E-state index contributed by atoms with van der Waals surface area (Å²) in [5.41, 5.74) is 0.828. The van der Waals surface area contributed by atoms with Crippen molar-refractivity contribution in [2.24, 2.45) is 7.05 Å². The van der Waals surface area contributed by atoms with Crippen LogP contribution in [-0.4, -0.2) is 20.9 Å². The van der Waals surface area contributed by atoms with Gasteiger partial charge in [-0.05, 0) is 19.1 Å². The molecule has 0 spiro atoms. The summed E-state index contributed by atoms with van der Waals surface area (Å²) in [7, 11) is 1.69.